The van der Waals surface area contributed by atoms with Gasteiger partial charge in [-0.15, -0.1) is 0 Å². The molecule has 3 N–H and O–H groups in total. The summed E-state index contributed by atoms with van der Waals surface area (Å²) in [5.74, 6) is -0.561. The van der Waals surface area contributed by atoms with Crippen molar-refractivity contribution in [2.45, 2.75) is 40.5 Å². The van der Waals surface area contributed by atoms with Gasteiger partial charge in [0.25, 0.3) is 0 Å². The summed E-state index contributed by atoms with van der Waals surface area (Å²) in [5.41, 5.74) is 2.57. The van der Waals surface area contributed by atoms with Gasteiger partial charge < -0.3 is 24.5 Å². The van der Waals surface area contributed by atoms with E-state index in [0.29, 0.717) is 17.7 Å². The summed E-state index contributed by atoms with van der Waals surface area (Å²) in [5, 5.41) is 31.6. The molecule has 6 nitrogen and oxygen atoms in total. The lowest BCUT2D eigenvalue weighted by Crippen LogP contribution is -2.07. The van der Waals surface area contributed by atoms with E-state index in [1.807, 2.05) is 39.8 Å². The van der Waals surface area contributed by atoms with Crippen LogP contribution in [0.5, 0.6) is 23.0 Å². The molecule has 6 heteroatoms. The lowest BCUT2D eigenvalue weighted by molar-refractivity contribution is 0.399. The second-order valence-electron chi connectivity index (χ2n) is 7.78. The third-order valence-electron chi connectivity index (χ3n) is 5.00. The molecule has 0 aliphatic rings. The zero-order valence-corrected chi connectivity index (χ0v) is 17.8. The van der Waals surface area contributed by atoms with Crippen LogP contribution in [0.1, 0.15) is 38.8 Å². The van der Waals surface area contributed by atoms with Crippen molar-refractivity contribution < 1.29 is 24.5 Å². The minimum Gasteiger partial charge on any atom is -0.507 e. The Kier molecular flexibility index (Phi) is 5.78. The van der Waals surface area contributed by atoms with Crippen molar-refractivity contribution in [3.05, 3.63) is 56.8 Å². The topological polar surface area (TPSA) is 100 Å². The zero-order valence-electron chi connectivity index (χ0n) is 17.8. The zero-order chi connectivity index (χ0) is 22.2. The van der Waals surface area contributed by atoms with E-state index in [4.69, 9.17) is 9.15 Å². The van der Waals surface area contributed by atoms with Crippen LogP contribution in [-0.2, 0) is 12.8 Å². The number of ether oxygens (including phenoxy) is 1. The molecule has 1 aromatic heterocycles. The maximum Gasteiger partial charge on any atom is 0.204 e. The number of hydrogen-bond donors (Lipinski definition) is 3. The van der Waals surface area contributed by atoms with Crippen LogP contribution in [0.15, 0.2) is 44.6 Å². The number of rotatable bonds is 5. The minimum atomic E-state index is -0.475. The largest absolute Gasteiger partial charge is 0.507 e. The molecule has 0 saturated heterocycles. The highest BCUT2D eigenvalue weighted by Crippen LogP contribution is 2.40. The molecule has 1 heterocycles. The predicted molar refractivity (Wildman–Crippen MR) is 118 cm³/mol. The van der Waals surface area contributed by atoms with Crippen molar-refractivity contribution in [1.82, 2.24) is 0 Å². The van der Waals surface area contributed by atoms with Gasteiger partial charge in [0.2, 0.25) is 5.43 Å². The minimum absolute atomic E-state index is 0.0176. The summed E-state index contributed by atoms with van der Waals surface area (Å²) in [6, 6.07) is 2.77. The fourth-order valence-corrected chi connectivity index (χ4v) is 3.41. The summed E-state index contributed by atoms with van der Waals surface area (Å²) < 4.78 is 11.3. The lowest BCUT2D eigenvalue weighted by atomic mass is 9.98. The second kappa shape index (κ2) is 8.14. The number of hydrogen-bond acceptors (Lipinski definition) is 6. The standard InChI is InChI=1S/C24H26O6/c1-12(2)6-8-14-17(29-5)11-19-21(23(14)27)24(28)20-15(9-7-13(3)4)22(26)16(25)10-18(20)30-19/h6-7,10-11,25-27H,8-9H2,1-5H3. The Balaban J connectivity index is 2.45. The Morgan fingerprint density at radius 2 is 1.47 bits per heavy atom. The first kappa shape index (κ1) is 21.3. The first-order chi connectivity index (χ1) is 14.1. The van der Waals surface area contributed by atoms with Gasteiger partial charge in [-0.1, -0.05) is 23.3 Å². The fraction of sp³-hybridized carbons (Fsp3) is 0.292. The normalized spacial score (nSPS) is 11.0. The molecule has 0 radical (unpaired) electrons. The van der Waals surface area contributed by atoms with Crippen LogP contribution in [0.3, 0.4) is 0 Å². The number of aromatic hydroxyl groups is 3. The number of fused-ring (bicyclic) bond motifs is 2. The van der Waals surface area contributed by atoms with Gasteiger partial charge in [0, 0.05) is 23.3 Å². The maximum atomic E-state index is 13.4. The molecular weight excluding hydrogens is 384 g/mol. The van der Waals surface area contributed by atoms with Gasteiger partial charge in [-0.05, 0) is 40.5 Å². The number of phenols is 3. The van der Waals surface area contributed by atoms with Gasteiger partial charge in [0.1, 0.15) is 28.1 Å². The molecule has 0 unspecified atom stereocenters. The van der Waals surface area contributed by atoms with Crippen LogP contribution < -0.4 is 10.2 Å². The molecule has 3 rings (SSSR count). The highest BCUT2D eigenvalue weighted by molar-refractivity contribution is 5.97. The number of benzene rings is 2. The summed E-state index contributed by atoms with van der Waals surface area (Å²) in [6.07, 6.45) is 4.38. The van der Waals surface area contributed by atoms with Crippen LogP contribution in [-0.4, -0.2) is 22.4 Å². The molecule has 158 valence electrons. The summed E-state index contributed by atoms with van der Waals surface area (Å²) in [4.78, 5) is 13.4. The highest BCUT2D eigenvalue weighted by Gasteiger charge is 2.22. The summed E-state index contributed by atoms with van der Waals surface area (Å²) in [7, 11) is 1.48. The van der Waals surface area contributed by atoms with E-state index < -0.39 is 5.43 Å². The van der Waals surface area contributed by atoms with E-state index in [9.17, 15) is 20.1 Å². The van der Waals surface area contributed by atoms with Crippen LogP contribution in [0.2, 0.25) is 0 Å². The van der Waals surface area contributed by atoms with Crippen molar-refractivity contribution >= 4 is 21.9 Å². The molecule has 0 spiro atoms. The van der Waals surface area contributed by atoms with E-state index in [2.05, 4.69) is 0 Å². The average Bonchev–Trinajstić information content (AvgIpc) is 2.67. The van der Waals surface area contributed by atoms with E-state index in [1.165, 1.54) is 13.2 Å². The molecule has 2 aromatic carbocycles. The van der Waals surface area contributed by atoms with Crippen molar-refractivity contribution in [2.75, 3.05) is 7.11 Å². The summed E-state index contributed by atoms with van der Waals surface area (Å²) >= 11 is 0. The Hall–Kier alpha value is -3.41. The molecular formula is C24H26O6. The molecule has 3 aromatic rings. The second-order valence-corrected chi connectivity index (χ2v) is 7.78. The van der Waals surface area contributed by atoms with Crippen molar-refractivity contribution in [2.24, 2.45) is 0 Å². The van der Waals surface area contributed by atoms with Gasteiger partial charge in [-0.25, -0.2) is 0 Å². The fourth-order valence-electron chi connectivity index (χ4n) is 3.41. The molecule has 0 atom stereocenters. The van der Waals surface area contributed by atoms with Gasteiger partial charge >= 0.3 is 0 Å². The SMILES string of the molecule is COc1cc2oc3cc(O)c(O)c(CC=C(C)C)c3c(=O)c2c(O)c1CC=C(C)C. The molecule has 0 amide bonds. The van der Waals surface area contributed by atoms with Crippen molar-refractivity contribution in [3.8, 4) is 23.0 Å². The number of phenolic OH excluding ortho intramolecular Hbond substituents is 3. The average molecular weight is 410 g/mol. The van der Waals surface area contributed by atoms with Crippen molar-refractivity contribution in [3.63, 3.8) is 0 Å². The molecule has 0 aliphatic carbocycles. The third kappa shape index (κ3) is 3.73. The van der Waals surface area contributed by atoms with E-state index in [1.54, 1.807) is 6.07 Å². The van der Waals surface area contributed by atoms with Gasteiger partial charge in [0.15, 0.2) is 11.5 Å². The number of methoxy groups -OCH3 is 1. The van der Waals surface area contributed by atoms with Crippen LogP contribution >= 0.6 is 0 Å². The number of allylic oxidation sites excluding steroid dienone is 4. The van der Waals surface area contributed by atoms with Crippen LogP contribution in [0, 0.1) is 0 Å². The Morgan fingerprint density at radius 1 is 0.900 bits per heavy atom. The van der Waals surface area contributed by atoms with Gasteiger partial charge in [-0.3, -0.25) is 4.79 Å². The van der Waals surface area contributed by atoms with Crippen molar-refractivity contribution in [1.29, 1.82) is 0 Å². The Bertz CT molecular complexity index is 1250. The smallest absolute Gasteiger partial charge is 0.204 e. The van der Waals surface area contributed by atoms with E-state index in [-0.39, 0.29) is 51.2 Å². The van der Waals surface area contributed by atoms with E-state index in [0.717, 1.165) is 11.1 Å². The predicted octanol–water partition coefficient (Wildman–Crippen LogP) is 5.09. The van der Waals surface area contributed by atoms with E-state index >= 15 is 0 Å². The van der Waals surface area contributed by atoms with Crippen LogP contribution in [0.4, 0.5) is 0 Å². The quantitative estimate of drug-likeness (QED) is 0.308. The molecule has 0 bridgehead atoms. The Labute approximate surface area is 174 Å². The monoisotopic (exact) mass is 410 g/mol. The Morgan fingerprint density at radius 3 is 2.03 bits per heavy atom. The first-order valence-electron chi connectivity index (χ1n) is 9.65. The molecule has 0 saturated carbocycles. The first-order valence-corrected chi connectivity index (χ1v) is 9.65. The van der Waals surface area contributed by atoms with Gasteiger partial charge in [0.05, 0.1) is 12.5 Å². The van der Waals surface area contributed by atoms with Crippen LogP contribution in [0.25, 0.3) is 21.9 Å². The molecule has 30 heavy (non-hydrogen) atoms. The molecule has 0 fully saturated rings. The van der Waals surface area contributed by atoms with Gasteiger partial charge in [-0.2, -0.15) is 0 Å². The molecule has 0 aliphatic heterocycles. The lowest BCUT2D eigenvalue weighted by Gasteiger charge is -2.14. The maximum absolute atomic E-state index is 13.4. The third-order valence-corrected chi connectivity index (χ3v) is 5.00. The summed E-state index contributed by atoms with van der Waals surface area (Å²) in [6.45, 7) is 7.68. The highest BCUT2D eigenvalue weighted by atomic mass is 16.5.